The number of ether oxygens (including phenoxy) is 1. The first kappa shape index (κ1) is 24.5. The number of halogens is 4. The predicted octanol–water partition coefficient (Wildman–Crippen LogP) is 3.86. The van der Waals surface area contributed by atoms with Crippen molar-refractivity contribution in [1.82, 2.24) is 9.80 Å². The average Bonchev–Trinajstić information content (AvgIpc) is 3.24. The van der Waals surface area contributed by atoms with Crippen molar-refractivity contribution in [3.05, 3.63) is 65.5 Å². The van der Waals surface area contributed by atoms with Gasteiger partial charge in [-0.05, 0) is 41.8 Å². The molecule has 1 amide bonds. The molecule has 0 bridgehead atoms. The Labute approximate surface area is 196 Å². The third-order valence-corrected chi connectivity index (χ3v) is 6.76. The summed E-state index contributed by atoms with van der Waals surface area (Å²) in [5, 5.41) is 0. The Morgan fingerprint density at radius 2 is 1.74 bits per heavy atom. The second kappa shape index (κ2) is 10.3. The van der Waals surface area contributed by atoms with E-state index in [1.807, 2.05) is 0 Å². The van der Waals surface area contributed by atoms with Crippen molar-refractivity contribution in [3.8, 4) is 0 Å². The van der Waals surface area contributed by atoms with Crippen LogP contribution in [0.25, 0.3) is 0 Å². The molecule has 2 aromatic rings. The number of piperazine rings is 1. The molecule has 0 spiro atoms. The lowest BCUT2D eigenvalue weighted by Gasteiger charge is -2.38. The summed E-state index contributed by atoms with van der Waals surface area (Å²) in [5.74, 6) is -0.583. The Bertz CT molecular complexity index is 975. The van der Waals surface area contributed by atoms with Crippen molar-refractivity contribution in [3.63, 3.8) is 0 Å². The van der Waals surface area contributed by atoms with Crippen LogP contribution in [-0.2, 0) is 15.7 Å². The number of carbonyl (C=O) groups excluding carboxylic acids is 1. The number of likely N-dealkylation sites (tertiary alicyclic amines) is 1. The monoisotopic (exact) mass is 479 g/mol. The molecule has 0 radical (unpaired) electrons. The summed E-state index contributed by atoms with van der Waals surface area (Å²) in [6.07, 6.45) is -4.41. The van der Waals surface area contributed by atoms with Crippen molar-refractivity contribution >= 4 is 11.6 Å². The van der Waals surface area contributed by atoms with E-state index in [0.717, 1.165) is 37.9 Å². The van der Waals surface area contributed by atoms with E-state index in [0.29, 0.717) is 25.2 Å². The number of hydrogen-bond donors (Lipinski definition) is 0. The zero-order valence-electron chi connectivity index (χ0n) is 19.1. The number of nitrogens with zero attached hydrogens (tertiary/aromatic N) is 3. The molecule has 2 aliphatic rings. The van der Waals surface area contributed by atoms with E-state index in [2.05, 4.69) is 9.80 Å². The van der Waals surface area contributed by atoms with Gasteiger partial charge in [0.2, 0.25) is 5.91 Å². The van der Waals surface area contributed by atoms with Crippen molar-refractivity contribution in [2.24, 2.45) is 5.92 Å². The quantitative estimate of drug-likeness (QED) is 0.590. The Morgan fingerprint density at radius 1 is 1.03 bits per heavy atom. The maximum Gasteiger partial charge on any atom is 0.416 e. The van der Waals surface area contributed by atoms with Gasteiger partial charge in [0.05, 0.1) is 5.56 Å². The van der Waals surface area contributed by atoms with E-state index < -0.39 is 11.7 Å². The summed E-state index contributed by atoms with van der Waals surface area (Å²) in [7, 11) is 1.45. The zero-order chi connectivity index (χ0) is 24.3. The molecule has 2 saturated heterocycles. The fourth-order valence-corrected chi connectivity index (χ4v) is 4.97. The van der Waals surface area contributed by atoms with E-state index in [9.17, 15) is 22.4 Å². The lowest BCUT2D eigenvalue weighted by molar-refractivity contribution is -0.137. The van der Waals surface area contributed by atoms with E-state index in [4.69, 9.17) is 4.74 Å². The molecule has 4 rings (SSSR count). The number of carbonyl (C=O) groups is 1. The maximum absolute atomic E-state index is 13.3. The third-order valence-electron chi connectivity index (χ3n) is 6.76. The number of alkyl halides is 3. The normalized spacial score (nSPS) is 21.8. The highest BCUT2D eigenvalue weighted by atomic mass is 19.4. The van der Waals surface area contributed by atoms with E-state index in [1.165, 1.54) is 31.4 Å². The van der Waals surface area contributed by atoms with Gasteiger partial charge in [-0.3, -0.25) is 9.69 Å². The molecule has 2 aromatic carbocycles. The zero-order valence-corrected chi connectivity index (χ0v) is 19.1. The van der Waals surface area contributed by atoms with Gasteiger partial charge in [0, 0.05) is 64.5 Å². The second-order valence-electron chi connectivity index (χ2n) is 8.99. The fraction of sp³-hybridized carbons (Fsp3) is 0.480. The molecule has 0 aliphatic carbocycles. The highest BCUT2D eigenvalue weighted by Crippen LogP contribution is 2.37. The van der Waals surface area contributed by atoms with Crippen LogP contribution in [0.1, 0.15) is 17.0 Å². The van der Waals surface area contributed by atoms with Crippen molar-refractivity contribution in [2.75, 3.05) is 64.4 Å². The van der Waals surface area contributed by atoms with Crippen molar-refractivity contribution in [1.29, 1.82) is 0 Å². The van der Waals surface area contributed by atoms with Gasteiger partial charge in [-0.1, -0.05) is 18.2 Å². The molecule has 34 heavy (non-hydrogen) atoms. The first-order valence-corrected chi connectivity index (χ1v) is 11.4. The molecule has 2 fully saturated rings. The van der Waals surface area contributed by atoms with E-state index in [-0.39, 0.29) is 30.2 Å². The van der Waals surface area contributed by atoms with Crippen molar-refractivity contribution < 1.29 is 27.1 Å². The molecular weight excluding hydrogens is 450 g/mol. The van der Waals surface area contributed by atoms with Gasteiger partial charge in [-0.15, -0.1) is 0 Å². The Kier molecular flexibility index (Phi) is 7.42. The predicted molar refractivity (Wildman–Crippen MR) is 121 cm³/mol. The smallest absolute Gasteiger partial charge is 0.375 e. The molecule has 5 nitrogen and oxygen atoms in total. The van der Waals surface area contributed by atoms with Gasteiger partial charge in [-0.2, -0.15) is 13.2 Å². The number of rotatable bonds is 6. The minimum atomic E-state index is -4.41. The summed E-state index contributed by atoms with van der Waals surface area (Å²) < 4.78 is 58.2. The van der Waals surface area contributed by atoms with Crippen LogP contribution >= 0.6 is 0 Å². The first-order chi connectivity index (χ1) is 16.2. The van der Waals surface area contributed by atoms with Crippen LogP contribution in [0, 0.1) is 11.7 Å². The molecule has 0 N–H and O–H groups in total. The second-order valence-corrected chi connectivity index (χ2v) is 8.99. The number of anilines is 1. The fourth-order valence-electron chi connectivity index (χ4n) is 4.97. The van der Waals surface area contributed by atoms with Crippen molar-refractivity contribution in [2.45, 2.75) is 12.1 Å². The first-order valence-electron chi connectivity index (χ1n) is 11.4. The average molecular weight is 480 g/mol. The standard InChI is InChI=1S/C25H29F4N3O2/c1-34-17-24(33)32-15-19(23(16-32)18-3-2-4-20(13-18)25(27,28)29)14-30-9-11-31(12-10-30)22-7-5-21(26)6-8-22/h2-8,13,19,23H,9-12,14-17H2,1H3. The van der Waals surface area contributed by atoms with Gasteiger partial charge in [0.15, 0.2) is 0 Å². The van der Waals surface area contributed by atoms with Crippen LogP contribution in [0.4, 0.5) is 23.2 Å². The molecular formula is C25H29F4N3O2. The topological polar surface area (TPSA) is 36.0 Å². The van der Waals surface area contributed by atoms with Crippen LogP contribution in [0.2, 0.25) is 0 Å². The number of benzene rings is 2. The Hall–Kier alpha value is -2.65. The largest absolute Gasteiger partial charge is 0.416 e. The number of amides is 1. The van der Waals surface area contributed by atoms with Crippen LogP contribution in [0.3, 0.4) is 0 Å². The Morgan fingerprint density at radius 3 is 2.38 bits per heavy atom. The molecule has 2 aliphatic heterocycles. The minimum absolute atomic E-state index is 0.0154. The third kappa shape index (κ3) is 5.70. The highest BCUT2D eigenvalue weighted by Gasteiger charge is 2.39. The molecule has 0 aromatic heterocycles. The van der Waals surface area contributed by atoms with Gasteiger partial charge in [0.25, 0.3) is 0 Å². The maximum atomic E-state index is 13.3. The van der Waals surface area contributed by atoms with E-state index >= 15 is 0 Å². The molecule has 9 heteroatoms. The molecule has 184 valence electrons. The lowest BCUT2D eigenvalue weighted by atomic mass is 9.87. The number of hydrogen-bond acceptors (Lipinski definition) is 4. The van der Waals surface area contributed by atoms with Crippen LogP contribution in [-0.4, -0.2) is 75.2 Å². The molecule has 2 unspecified atom stereocenters. The van der Waals surface area contributed by atoms with Crippen LogP contribution < -0.4 is 4.90 Å². The van der Waals surface area contributed by atoms with Gasteiger partial charge in [0.1, 0.15) is 12.4 Å². The SMILES string of the molecule is COCC(=O)N1CC(CN2CCN(c3ccc(F)cc3)CC2)C(c2cccc(C(F)(F)F)c2)C1. The van der Waals surface area contributed by atoms with Gasteiger partial charge in [-0.25, -0.2) is 4.39 Å². The highest BCUT2D eigenvalue weighted by molar-refractivity contribution is 5.78. The summed E-state index contributed by atoms with van der Waals surface area (Å²) in [6.45, 7) is 4.64. The molecule has 2 atom stereocenters. The summed E-state index contributed by atoms with van der Waals surface area (Å²) in [6, 6.07) is 11.9. The molecule has 2 heterocycles. The lowest BCUT2D eigenvalue weighted by Crippen LogP contribution is -2.48. The Balaban J connectivity index is 1.46. The molecule has 0 saturated carbocycles. The summed E-state index contributed by atoms with van der Waals surface area (Å²) >= 11 is 0. The summed E-state index contributed by atoms with van der Waals surface area (Å²) in [4.78, 5) is 18.7. The van der Waals surface area contributed by atoms with E-state index in [1.54, 1.807) is 23.1 Å². The van der Waals surface area contributed by atoms with Gasteiger partial charge < -0.3 is 14.5 Å². The van der Waals surface area contributed by atoms with Gasteiger partial charge >= 0.3 is 6.18 Å². The summed E-state index contributed by atoms with van der Waals surface area (Å²) in [5.41, 5.74) is 0.913. The number of methoxy groups -OCH3 is 1. The van der Waals surface area contributed by atoms with Crippen LogP contribution in [0.15, 0.2) is 48.5 Å². The minimum Gasteiger partial charge on any atom is -0.375 e. The van der Waals surface area contributed by atoms with Crippen LogP contribution in [0.5, 0.6) is 0 Å².